The predicted octanol–water partition coefficient (Wildman–Crippen LogP) is 9.05. The largest absolute Gasteiger partial charge is 0.354 e. The van der Waals surface area contributed by atoms with Gasteiger partial charge in [0.25, 0.3) is 0 Å². The first-order chi connectivity index (χ1) is 16.3. The number of rotatable bonds is 2. The lowest BCUT2D eigenvalue weighted by molar-refractivity contribution is 1.51. The van der Waals surface area contributed by atoms with Gasteiger partial charge in [0.1, 0.15) is 0 Å². The molecule has 0 radical (unpaired) electrons. The van der Waals surface area contributed by atoms with Gasteiger partial charge in [-0.05, 0) is 35.4 Å². The van der Waals surface area contributed by atoms with E-state index in [0.717, 1.165) is 9.99 Å². The van der Waals surface area contributed by atoms with Crippen LogP contribution in [-0.2, 0) is 0 Å². The summed E-state index contributed by atoms with van der Waals surface area (Å²) in [7, 11) is 0. The zero-order valence-electron chi connectivity index (χ0n) is 17.7. The van der Waals surface area contributed by atoms with Gasteiger partial charge in [0, 0.05) is 48.2 Å². The second-order valence-corrected chi connectivity index (χ2v) is 9.35. The summed E-state index contributed by atoms with van der Waals surface area (Å²) in [6, 6.07) is 36.7. The van der Waals surface area contributed by atoms with E-state index in [-0.39, 0.29) is 0 Å². The maximum absolute atomic E-state index is 3.83. The van der Waals surface area contributed by atoms with Gasteiger partial charge in [0.05, 0.1) is 11.0 Å². The number of halogens is 1. The van der Waals surface area contributed by atoms with Gasteiger partial charge >= 0.3 is 0 Å². The highest BCUT2D eigenvalue weighted by Gasteiger charge is 2.14. The zero-order valence-corrected chi connectivity index (χ0v) is 19.3. The van der Waals surface area contributed by atoms with Gasteiger partial charge in [-0.3, -0.25) is 0 Å². The van der Waals surface area contributed by atoms with Crippen molar-refractivity contribution in [3.05, 3.63) is 108 Å². The van der Waals surface area contributed by atoms with E-state index in [9.17, 15) is 0 Å². The molecular formula is C30H19BrN2. The summed E-state index contributed by atoms with van der Waals surface area (Å²) in [6.45, 7) is 0. The topological polar surface area (TPSA) is 31.6 Å². The second-order valence-electron chi connectivity index (χ2n) is 8.49. The smallest absolute Gasteiger partial charge is 0.0544 e. The molecule has 0 saturated carbocycles. The number of hydrogen-bond acceptors (Lipinski definition) is 0. The molecule has 156 valence electrons. The lowest BCUT2D eigenvalue weighted by Gasteiger charge is -2.11. The predicted molar refractivity (Wildman–Crippen MR) is 144 cm³/mol. The number of H-pyrrole nitrogens is 2. The quantitative estimate of drug-likeness (QED) is 0.244. The van der Waals surface area contributed by atoms with E-state index in [1.165, 1.54) is 60.3 Å². The molecule has 0 amide bonds. The summed E-state index contributed by atoms with van der Waals surface area (Å²) in [5, 5.41) is 5.02. The van der Waals surface area contributed by atoms with E-state index in [4.69, 9.17) is 0 Å². The minimum absolute atomic E-state index is 1.08. The van der Waals surface area contributed by atoms with E-state index in [2.05, 4.69) is 129 Å². The lowest BCUT2D eigenvalue weighted by Crippen LogP contribution is -1.86. The summed E-state index contributed by atoms with van der Waals surface area (Å²) < 4.78 is 1.08. The van der Waals surface area contributed by atoms with Crippen LogP contribution in [0.2, 0.25) is 0 Å². The fraction of sp³-hybridized carbons (Fsp3) is 0. The highest BCUT2D eigenvalue weighted by Crippen LogP contribution is 2.40. The average molecular weight is 487 g/mol. The third kappa shape index (κ3) is 2.79. The first-order valence-corrected chi connectivity index (χ1v) is 11.9. The van der Waals surface area contributed by atoms with Gasteiger partial charge in [0.2, 0.25) is 0 Å². The molecule has 0 unspecified atom stereocenters. The number of aromatic amines is 2. The Bertz CT molecular complexity index is 1840. The number of benzene rings is 5. The van der Waals surface area contributed by atoms with Crippen molar-refractivity contribution < 1.29 is 0 Å². The van der Waals surface area contributed by atoms with E-state index in [1.54, 1.807) is 0 Å². The number of aromatic nitrogens is 2. The normalized spacial score (nSPS) is 11.8. The Labute approximate surface area is 199 Å². The summed E-state index contributed by atoms with van der Waals surface area (Å²) in [5.41, 5.74) is 9.45. The van der Waals surface area contributed by atoms with Crippen molar-refractivity contribution in [1.82, 2.24) is 9.97 Å². The van der Waals surface area contributed by atoms with Crippen LogP contribution in [0.25, 0.3) is 65.9 Å². The molecule has 0 aliphatic heterocycles. The summed E-state index contributed by atoms with van der Waals surface area (Å²) in [4.78, 5) is 7.30. The Morgan fingerprint density at radius 2 is 1.00 bits per heavy atom. The van der Waals surface area contributed by atoms with Crippen LogP contribution in [0.5, 0.6) is 0 Å². The van der Waals surface area contributed by atoms with E-state index < -0.39 is 0 Å². The minimum Gasteiger partial charge on any atom is -0.354 e. The highest BCUT2D eigenvalue weighted by molar-refractivity contribution is 9.10. The van der Waals surface area contributed by atoms with Crippen molar-refractivity contribution in [2.45, 2.75) is 0 Å². The van der Waals surface area contributed by atoms with Crippen molar-refractivity contribution in [3.8, 4) is 22.3 Å². The van der Waals surface area contributed by atoms with Crippen molar-refractivity contribution in [1.29, 1.82) is 0 Å². The average Bonchev–Trinajstić information content (AvgIpc) is 3.43. The lowest BCUT2D eigenvalue weighted by atomic mass is 9.96. The van der Waals surface area contributed by atoms with Gasteiger partial charge in [-0.1, -0.05) is 94.8 Å². The van der Waals surface area contributed by atoms with Gasteiger partial charge < -0.3 is 9.97 Å². The number of hydrogen-bond donors (Lipinski definition) is 2. The molecule has 33 heavy (non-hydrogen) atoms. The Morgan fingerprint density at radius 1 is 0.455 bits per heavy atom. The molecule has 2 nitrogen and oxygen atoms in total. The van der Waals surface area contributed by atoms with Gasteiger partial charge in [-0.2, -0.15) is 0 Å². The van der Waals surface area contributed by atoms with Crippen molar-refractivity contribution in [3.63, 3.8) is 0 Å². The Kier molecular flexibility index (Phi) is 4.02. The Morgan fingerprint density at radius 3 is 1.67 bits per heavy atom. The molecule has 7 aromatic rings. The van der Waals surface area contributed by atoms with Crippen LogP contribution >= 0.6 is 15.9 Å². The van der Waals surface area contributed by atoms with Crippen molar-refractivity contribution >= 4 is 59.5 Å². The molecule has 0 fully saturated rings. The third-order valence-corrected chi connectivity index (χ3v) is 7.34. The molecule has 0 spiro atoms. The minimum atomic E-state index is 1.08. The summed E-state index contributed by atoms with van der Waals surface area (Å²) >= 11 is 3.83. The van der Waals surface area contributed by atoms with Gasteiger partial charge in [0.15, 0.2) is 0 Å². The van der Waals surface area contributed by atoms with Crippen molar-refractivity contribution in [2.24, 2.45) is 0 Å². The molecule has 0 atom stereocenters. The van der Waals surface area contributed by atoms with Crippen LogP contribution in [-0.4, -0.2) is 9.97 Å². The summed E-state index contributed by atoms with van der Waals surface area (Å²) in [5.74, 6) is 0. The van der Waals surface area contributed by atoms with Gasteiger partial charge in [-0.15, -0.1) is 0 Å². The molecule has 5 aromatic carbocycles. The van der Waals surface area contributed by atoms with Crippen LogP contribution in [0, 0.1) is 0 Å². The van der Waals surface area contributed by atoms with Crippen molar-refractivity contribution in [2.75, 3.05) is 0 Å². The molecule has 3 heteroatoms. The monoisotopic (exact) mass is 486 g/mol. The van der Waals surface area contributed by atoms with Crippen LogP contribution in [0.1, 0.15) is 0 Å². The maximum atomic E-state index is 3.83. The fourth-order valence-electron chi connectivity index (χ4n) is 5.11. The molecule has 7 rings (SSSR count). The number of para-hydroxylation sites is 4. The fourth-order valence-corrected chi connectivity index (χ4v) is 5.57. The maximum Gasteiger partial charge on any atom is 0.0544 e. The van der Waals surface area contributed by atoms with E-state index >= 15 is 0 Å². The van der Waals surface area contributed by atoms with Crippen LogP contribution in [0.3, 0.4) is 0 Å². The molecule has 0 bridgehead atoms. The molecule has 0 saturated heterocycles. The van der Waals surface area contributed by atoms with E-state index in [0.29, 0.717) is 0 Å². The Balaban J connectivity index is 1.48. The molecule has 2 heterocycles. The SMILES string of the molecule is Brc1ccc(-c2cccc3c2[nH]c2ccccc23)cc1-c1cccc2c1[nH]c1ccccc12. The van der Waals surface area contributed by atoms with Gasteiger partial charge in [-0.25, -0.2) is 0 Å². The first-order valence-electron chi connectivity index (χ1n) is 11.1. The Hall–Kier alpha value is -3.82. The second kappa shape index (κ2) is 7.09. The van der Waals surface area contributed by atoms with Crippen LogP contribution < -0.4 is 0 Å². The molecule has 0 aliphatic carbocycles. The molecular weight excluding hydrogens is 468 g/mol. The third-order valence-electron chi connectivity index (χ3n) is 6.65. The molecule has 2 N–H and O–H groups in total. The summed E-state index contributed by atoms with van der Waals surface area (Å²) in [6.07, 6.45) is 0. The zero-order chi connectivity index (χ0) is 21.9. The molecule has 2 aromatic heterocycles. The van der Waals surface area contributed by atoms with Crippen LogP contribution in [0.4, 0.5) is 0 Å². The standard InChI is InChI=1S/C30H19BrN2/c31-26-16-15-18(19-9-5-10-22-20-7-1-3-13-27(20)32-29(19)22)17-25(26)24-12-6-11-23-21-8-2-4-14-28(21)33-30(23)24/h1-17,32-33H. The van der Waals surface area contributed by atoms with E-state index in [1.807, 2.05) is 0 Å². The van der Waals surface area contributed by atoms with Crippen LogP contribution in [0.15, 0.2) is 108 Å². The number of fused-ring (bicyclic) bond motifs is 6. The molecule has 0 aliphatic rings. The first kappa shape index (κ1) is 18.7. The number of nitrogens with one attached hydrogen (secondary N) is 2. The highest BCUT2D eigenvalue weighted by atomic mass is 79.9.